The molecule has 6 heteroatoms. The van der Waals surface area contributed by atoms with E-state index in [4.69, 9.17) is 5.73 Å². The largest absolute Gasteiger partial charge is 0.508 e. The fourth-order valence-electron chi connectivity index (χ4n) is 5.02. The molecule has 0 spiro atoms. The topological polar surface area (TPSA) is 96.0 Å². The number of carbonyl (C=O) groups is 2. The fourth-order valence-corrected chi connectivity index (χ4v) is 5.02. The van der Waals surface area contributed by atoms with Gasteiger partial charge in [-0.15, -0.1) is 0 Å². The van der Waals surface area contributed by atoms with E-state index in [0.717, 1.165) is 28.8 Å². The van der Waals surface area contributed by atoms with E-state index in [-0.39, 0.29) is 23.6 Å². The van der Waals surface area contributed by atoms with E-state index in [1.807, 2.05) is 35.4 Å². The first-order valence-corrected chi connectivity index (χ1v) is 9.57. The van der Waals surface area contributed by atoms with Crippen molar-refractivity contribution in [2.45, 2.75) is 37.1 Å². The van der Waals surface area contributed by atoms with Crippen LogP contribution in [0, 0.1) is 0 Å². The van der Waals surface area contributed by atoms with Crippen LogP contribution in [-0.4, -0.2) is 40.6 Å². The number of benzene rings is 2. The molecule has 2 atom stereocenters. The molecule has 0 radical (unpaired) electrons. The first kappa shape index (κ1) is 17.0. The van der Waals surface area contributed by atoms with Crippen molar-refractivity contribution in [3.05, 3.63) is 58.7 Å². The van der Waals surface area contributed by atoms with Crippen molar-refractivity contribution in [2.24, 2.45) is 10.7 Å². The number of aliphatic imine (C=N–C) groups is 1. The standard InChI is InChI=1S/C22H21N3O3/c23-21(28)22-6-8-25(16(12-22)10-13-1-3-17(26)11-18(13)22)20(27)15-2-4-19-14(9-15)5-7-24-19/h1-4,7,9,11,16,26H,5-6,8,10,12H2,(H2,23,28). The Balaban J connectivity index is 1.50. The number of carbonyl (C=O) groups excluding carboxylic acids is 2. The molecule has 2 bridgehead atoms. The molecular formula is C22H21N3O3. The lowest BCUT2D eigenvalue weighted by atomic mass is 9.63. The van der Waals surface area contributed by atoms with Crippen LogP contribution in [0.2, 0.25) is 0 Å². The zero-order chi connectivity index (χ0) is 19.5. The summed E-state index contributed by atoms with van der Waals surface area (Å²) in [6.45, 7) is 0.467. The van der Waals surface area contributed by atoms with Gasteiger partial charge in [-0.05, 0) is 66.3 Å². The van der Waals surface area contributed by atoms with Crippen LogP contribution in [0.25, 0.3) is 0 Å². The van der Waals surface area contributed by atoms with E-state index in [1.54, 1.807) is 12.1 Å². The minimum Gasteiger partial charge on any atom is -0.508 e. The molecule has 2 aromatic rings. The molecule has 2 aromatic carbocycles. The number of phenols is 1. The molecule has 28 heavy (non-hydrogen) atoms. The molecular weight excluding hydrogens is 354 g/mol. The summed E-state index contributed by atoms with van der Waals surface area (Å²) in [6, 6.07) is 10.7. The van der Waals surface area contributed by atoms with E-state index in [1.165, 1.54) is 0 Å². The molecule has 2 amide bonds. The SMILES string of the molecule is NC(=O)C12CCN(C(=O)c3ccc4c(c3)CC=N4)C(Cc3ccc(O)cc31)C2. The van der Waals surface area contributed by atoms with Crippen LogP contribution in [0.15, 0.2) is 41.4 Å². The number of fused-ring (bicyclic) bond motifs is 5. The Bertz CT molecular complexity index is 1050. The molecule has 2 unspecified atom stereocenters. The number of piperidine rings is 1. The number of likely N-dealkylation sites (tertiary alicyclic amines) is 1. The summed E-state index contributed by atoms with van der Waals surface area (Å²) in [4.78, 5) is 31.9. The highest BCUT2D eigenvalue weighted by atomic mass is 16.3. The average Bonchev–Trinajstić information content (AvgIpc) is 3.16. The van der Waals surface area contributed by atoms with Gasteiger partial charge >= 0.3 is 0 Å². The molecule has 2 heterocycles. The number of amides is 2. The van der Waals surface area contributed by atoms with Crippen LogP contribution < -0.4 is 5.73 Å². The van der Waals surface area contributed by atoms with Crippen LogP contribution in [-0.2, 0) is 23.1 Å². The Kier molecular flexibility index (Phi) is 3.59. The van der Waals surface area contributed by atoms with Gasteiger partial charge in [0, 0.05) is 30.8 Å². The van der Waals surface area contributed by atoms with Crippen molar-refractivity contribution >= 4 is 23.7 Å². The molecule has 1 aliphatic carbocycles. The van der Waals surface area contributed by atoms with Crippen LogP contribution in [0.3, 0.4) is 0 Å². The number of rotatable bonds is 2. The molecule has 1 fully saturated rings. The lowest BCUT2D eigenvalue weighted by Crippen LogP contribution is -2.59. The maximum Gasteiger partial charge on any atom is 0.254 e. The van der Waals surface area contributed by atoms with Crippen LogP contribution in [0.1, 0.15) is 39.9 Å². The molecule has 2 aliphatic heterocycles. The predicted molar refractivity (Wildman–Crippen MR) is 105 cm³/mol. The minimum atomic E-state index is -0.820. The summed E-state index contributed by atoms with van der Waals surface area (Å²) in [5.41, 5.74) is 9.46. The molecule has 0 aromatic heterocycles. The van der Waals surface area contributed by atoms with Crippen molar-refractivity contribution in [1.29, 1.82) is 0 Å². The Morgan fingerprint density at radius 1 is 1.18 bits per heavy atom. The van der Waals surface area contributed by atoms with Crippen molar-refractivity contribution in [3.63, 3.8) is 0 Å². The van der Waals surface area contributed by atoms with Gasteiger partial charge in [0.15, 0.2) is 0 Å². The van der Waals surface area contributed by atoms with Crippen molar-refractivity contribution in [2.75, 3.05) is 6.54 Å². The third kappa shape index (κ3) is 2.37. The first-order valence-electron chi connectivity index (χ1n) is 9.57. The fraction of sp³-hybridized carbons (Fsp3) is 0.318. The zero-order valence-corrected chi connectivity index (χ0v) is 15.4. The lowest BCUT2D eigenvalue weighted by Gasteiger charge is -2.49. The van der Waals surface area contributed by atoms with Gasteiger partial charge in [-0.2, -0.15) is 0 Å². The van der Waals surface area contributed by atoms with Gasteiger partial charge in [0.2, 0.25) is 5.91 Å². The van der Waals surface area contributed by atoms with E-state index >= 15 is 0 Å². The quantitative estimate of drug-likeness (QED) is 0.842. The van der Waals surface area contributed by atoms with Gasteiger partial charge < -0.3 is 15.7 Å². The highest BCUT2D eigenvalue weighted by molar-refractivity contribution is 5.96. The molecule has 5 rings (SSSR count). The second kappa shape index (κ2) is 5.92. The second-order valence-corrected chi connectivity index (χ2v) is 7.96. The lowest BCUT2D eigenvalue weighted by molar-refractivity contribution is -0.126. The van der Waals surface area contributed by atoms with Gasteiger partial charge in [0.25, 0.3) is 5.91 Å². The summed E-state index contributed by atoms with van der Waals surface area (Å²) >= 11 is 0. The number of hydrogen-bond donors (Lipinski definition) is 2. The summed E-state index contributed by atoms with van der Waals surface area (Å²) < 4.78 is 0. The van der Waals surface area contributed by atoms with E-state index in [0.29, 0.717) is 31.4 Å². The van der Waals surface area contributed by atoms with E-state index in [2.05, 4.69) is 4.99 Å². The number of aromatic hydroxyl groups is 1. The Labute approximate surface area is 162 Å². The van der Waals surface area contributed by atoms with Crippen molar-refractivity contribution in [1.82, 2.24) is 4.90 Å². The summed E-state index contributed by atoms with van der Waals surface area (Å²) in [6.07, 6.45) is 4.23. The van der Waals surface area contributed by atoms with Crippen molar-refractivity contribution < 1.29 is 14.7 Å². The maximum atomic E-state index is 13.3. The number of nitrogens with two attached hydrogens (primary N) is 1. The normalized spacial score (nSPS) is 24.6. The Morgan fingerprint density at radius 3 is 2.86 bits per heavy atom. The van der Waals surface area contributed by atoms with E-state index < -0.39 is 5.41 Å². The van der Waals surface area contributed by atoms with Gasteiger partial charge in [0.1, 0.15) is 5.75 Å². The highest BCUT2D eigenvalue weighted by Gasteiger charge is 2.50. The minimum absolute atomic E-state index is 0.0139. The number of hydrogen-bond acceptors (Lipinski definition) is 4. The molecule has 3 aliphatic rings. The average molecular weight is 375 g/mol. The smallest absolute Gasteiger partial charge is 0.254 e. The molecule has 3 N–H and O–H groups in total. The van der Waals surface area contributed by atoms with Gasteiger partial charge in [0.05, 0.1) is 11.1 Å². The predicted octanol–water partition coefficient (Wildman–Crippen LogP) is 2.23. The Morgan fingerprint density at radius 2 is 2.04 bits per heavy atom. The monoisotopic (exact) mass is 375 g/mol. The van der Waals surface area contributed by atoms with Crippen molar-refractivity contribution in [3.8, 4) is 5.75 Å². The third-order valence-electron chi connectivity index (χ3n) is 6.47. The van der Waals surface area contributed by atoms with Gasteiger partial charge in [-0.25, -0.2) is 0 Å². The third-order valence-corrected chi connectivity index (χ3v) is 6.47. The molecule has 142 valence electrons. The summed E-state index contributed by atoms with van der Waals surface area (Å²) in [7, 11) is 0. The van der Waals surface area contributed by atoms with Crippen LogP contribution in [0.4, 0.5) is 5.69 Å². The molecule has 6 nitrogen and oxygen atoms in total. The van der Waals surface area contributed by atoms with Crippen LogP contribution >= 0.6 is 0 Å². The molecule has 1 saturated heterocycles. The number of primary amides is 1. The maximum absolute atomic E-state index is 13.3. The number of nitrogens with zero attached hydrogens (tertiary/aromatic N) is 2. The van der Waals surface area contributed by atoms with Crippen LogP contribution in [0.5, 0.6) is 5.75 Å². The Hall–Kier alpha value is -3.15. The summed E-state index contributed by atoms with van der Waals surface area (Å²) in [5, 5.41) is 9.92. The molecule has 0 saturated carbocycles. The number of phenolic OH excluding ortho intramolecular Hbond substituents is 1. The first-order chi connectivity index (χ1) is 13.5. The second-order valence-electron chi connectivity index (χ2n) is 7.96. The van der Waals surface area contributed by atoms with Gasteiger partial charge in [-0.1, -0.05) is 6.07 Å². The van der Waals surface area contributed by atoms with Gasteiger partial charge in [-0.3, -0.25) is 14.6 Å². The van der Waals surface area contributed by atoms with E-state index in [9.17, 15) is 14.7 Å². The zero-order valence-electron chi connectivity index (χ0n) is 15.4. The summed E-state index contributed by atoms with van der Waals surface area (Å²) in [5.74, 6) is -0.262. The highest BCUT2D eigenvalue weighted by Crippen LogP contribution is 2.46.